The zero-order valence-corrected chi connectivity index (χ0v) is 12.0. The molecule has 0 radical (unpaired) electrons. The van der Waals surface area contributed by atoms with Gasteiger partial charge in [0.15, 0.2) is 0 Å². The van der Waals surface area contributed by atoms with Crippen LogP contribution >= 0.6 is 0 Å². The second-order valence-electron chi connectivity index (χ2n) is 4.71. The van der Waals surface area contributed by atoms with E-state index in [1.165, 1.54) is 18.3 Å². The molecule has 0 aliphatic rings. The van der Waals surface area contributed by atoms with E-state index in [1.54, 1.807) is 32.3 Å². The number of hydrogen-bond acceptors (Lipinski definition) is 2. The first-order chi connectivity index (χ1) is 10.3. The third-order valence-electron chi connectivity index (χ3n) is 3.14. The predicted octanol–water partition coefficient (Wildman–Crippen LogP) is 4.41. The number of pyridine rings is 1. The summed E-state index contributed by atoms with van der Waals surface area (Å²) in [4.78, 5) is 4.15. The Morgan fingerprint density at radius 1 is 1.23 bits per heavy atom. The molecule has 0 aliphatic carbocycles. The van der Waals surface area contributed by atoms with Gasteiger partial charge in [-0.3, -0.25) is 4.98 Å². The highest BCUT2D eigenvalue weighted by molar-refractivity contribution is 5.67. The van der Waals surface area contributed by atoms with E-state index in [4.69, 9.17) is 0 Å². The van der Waals surface area contributed by atoms with Crippen LogP contribution in [0, 0.1) is 12.7 Å². The van der Waals surface area contributed by atoms with Crippen molar-refractivity contribution in [2.75, 3.05) is 7.05 Å². The lowest BCUT2D eigenvalue weighted by atomic mass is 10.0. The van der Waals surface area contributed by atoms with Gasteiger partial charge in [0.25, 0.3) is 0 Å². The lowest BCUT2D eigenvalue weighted by molar-refractivity contribution is -0.139. The van der Waals surface area contributed by atoms with Crippen LogP contribution in [-0.4, -0.2) is 12.0 Å². The summed E-state index contributed by atoms with van der Waals surface area (Å²) >= 11 is 0. The van der Waals surface area contributed by atoms with Crippen LogP contribution in [0.4, 0.5) is 17.6 Å². The standard InChI is InChI=1S/C16H14F4N2/c1-10-8-11(9-22-14(10)6-7-21-2)12-4-3-5-13(15(12)17)16(18,19)20/h3-9,21H,1-2H3/b7-6-. The van der Waals surface area contributed by atoms with Crippen LogP contribution in [0.3, 0.4) is 0 Å². The summed E-state index contributed by atoms with van der Waals surface area (Å²) in [6, 6.07) is 4.83. The summed E-state index contributed by atoms with van der Waals surface area (Å²) in [5, 5.41) is 2.82. The normalized spacial score (nSPS) is 11.9. The summed E-state index contributed by atoms with van der Waals surface area (Å²) in [6.45, 7) is 1.76. The van der Waals surface area contributed by atoms with Crippen LogP contribution in [-0.2, 0) is 6.18 Å². The number of halogens is 4. The summed E-state index contributed by atoms with van der Waals surface area (Å²) in [7, 11) is 1.73. The first-order valence-corrected chi connectivity index (χ1v) is 6.51. The van der Waals surface area contributed by atoms with Crippen molar-refractivity contribution in [3.8, 4) is 11.1 Å². The van der Waals surface area contributed by atoms with Crippen molar-refractivity contribution in [1.82, 2.24) is 10.3 Å². The second kappa shape index (κ2) is 6.17. The number of alkyl halides is 3. The zero-order chi connectivity index (χ0) is 16.3. The SMILES string of the molecule is CN/C=C\c1ncc(-c2cccc(C(F)(F)F)c2F)cc1C. The lowest BCUT2D eigenvalue weighted by Crippen LogP contribution is -2.08. The fourth-order valence-corrected chi connectivity index (χ4v) is 2.04. The van der Waals surface area contributed by atoms with Gasteiger partial charge in [-0.25, -0.2) is 4.39 Å². The fraction of sp³-hybridized carbons (Fsp3) is 0.188. The van der Waals surface area contributed by atoms with Gasteiger partial charge in [-0.2, -0.15) is 13.2 Å². The predicted molar refractivity (Wildman–Crippen MR) is 77.5 cm³/mol. The van der Waals surface area contributed by atoms with Crippen LogP contribution in [0.1, 0.15) is 16.8 Å². The van der Waals surface area contributed by atoms with Gasteiger partial charge in [0.1, 0.15) is 5.82 Å². The van der Waals surface area contributed by atoms with E-state index in [9.17, 15) is 17.6 Å². The Morgan fingerprint density at radius 2 is 1.95 bits per heavy atom. The highest BCUT2D eigenvalue weighted by atomic mass is 19.4. The number of nitrogens with one attached hydrogen (secondary N) is 1. The summed E-state index contributed by atoms with van der Waals surface area (Å²) in [5.74, 6) is -1.28. The quantitative estimate of drug-likeness (QED) is 0.850. The number of nitrogens with zero attached hydrogens (tertiary/aromatic N) is 1. The van der Waals surface area contributed by atoms with Crippen molar-refractivity contribution in [1.29, 1.82) is 0 Å². The van der Waals surface area contributed by atoms with Gasteiger partial charge >= 0.3 is 6.18 Å². The fourth-order valence-electron chi connectivity index (χ4n) is 2.04. The Labute approximate surface area is 125 Å². The molecule has 0 aliphatic heterocycles. The Morgan fingerprint density at radius 3 is 2.55 bits per heavy atom. The van der Waals surface area contributed by atoms with Gasteiger partial charge in [0.05, 0.1) is 11.3 Å². The van der Waals surface area contributed by atoms with E-state index in [-0.39, 0.29) is 5.56 Å². The second-order valence-corrected chi connectivity index (χ2v) is 4.71. The van der Waals surface area contributed by atoms with Crippen molar-refractivity contribution in [3.05, 3.63) is 59.3 Å². The molecule has 0 saturated carbocycles. The molecule has 0 saturated heterocycles. The molecule has 0 fully saturated rings. The topological polar surface area (TPSA) is 24.9 Å². The van der Waals surface area contributed by atoms with Gasteiger partial charge in [0.2, 0.25) is 0 Å². The first-order valence-electron chi connectivity index (χ1n) is 6.51. The number of benzene rings is 1. The first kappa shape index (κ1) is 16.0. The summed E-state index contributed by atoms with van der Waals surface area (Å²) in [5.41, 5.74) is 0.311. The summed E-state index contributed by atoms with van der Waals surface area (Å²) in [6.07, 6.45) is 0.0421. The van der Waals surface area contributed by atoms with Crippen molar-refractivity contribution in [2.45, 2.75) is 13.1 Å². The average molecular weight is 310 g/mol. The van der Waals surface area contributed by atoms with Gasteiger partial charge in [-0.1, -0.05) is 12.1 Å². The minimum atomic E-state index is -4.72. The van der Waals surface area contributed by atoms with Crippen LogP contribution in [0.25, 0.3) is 17.2 Å². The van der Waals surface area contributed by atoms with E-state index >= 15 is 0 Å². The minimum absolute atomic E-state index is 0.116. The molecular formula is C16H14F4N2. The van der Waals surface area contributed by atoms with E-state index in [2.05, 4.69) is 10.3 Å². The average Bonchev–Trinajstić information content (AvgIpc) is 2.45. The molecule has 6 heteroatoms. The highest BCUT2D eigenvalue weighted by Crippen LogP contribution is 2.35. The Kier molecular flexibility index (Phi) is 4.49. The van der Waals surface area contributed by atoms with Gasteiger partial charge < -0.3 is 5.32 Å². The largest absolute Gasteiger partial charge is 0.419 e. The maximum Gasteiger partial charge on any atom is 0.419 e. The van der Waals surface area contributed by atoms with Crippen molar-refractivity contribution in [2.24, 2.45) is 0 Å². The van der Waals surface area contributed by atoms with Gasteiger partial charge in [0, 0.05) is 24.4 Å². The van der Waals surface area contributed by atoms with E-state index in [0.29, 0.717) is 11.3 Å². The maximum atomic E-state index is 14.1. The molecule has 0 spiro atoms. The molecule has 2 rings (SSSR count). The van der Waals surface area contributed by atoms with Crippen LogP contribution in [0.2, 0.25) is 0 Å². The molecule has 0 unspecified atom stereocenters. The van der Waals surface area contributed by atoms with Crippen LogP contribution < -0.4 is 5.32 Å². The molecule has 1 aromatic carbocycles. The van der Waals surface area contributed by atoms with E-state index in [1.807, 2.05) is 0 Å². The molecule has 0 amide bonds. The van der Waals surface area contributed by atoms with Crippen LogP contribution in [0.15, 0.2) is 36.7 Å². The molecule has 2 aromatic rings. The Hall–Kier alpha value is -2.37. The molecule has 0 bridgehead atoms. The Balaban J connectivity index is 2.49. The van der Waals surface area contributed by atoms with Crippen LogP contribution in [0.5, 0.6) is 0 Å². The maximum absolute atomic E-state index is 14.1. The van der Waals surface area contributed by atoms with Crippen molar-refractivity contribution < 1.29 is 17.6 Å². The molecule has 1 aromatic heterocycles. The van der Waals surface area contributed by atoms with Crippen molar-refractivity contribution in [3.63, 3.8) is 0 Å². The molecule has 2 nitrogen and oxygen atoms in total. The number of aryl methyl sites for hydroxylation is 1. The van der Waals surface area contributed by atoms with E-state index in [0.717, 1.165) is 11.6 Å². The molecule has 1 N–H and O–H groups in total. The lowest BCUT2D eigenvalue weighted by Gasteiger charge is -2.12. The Bertz CT molecular complexity index is 706. The van der Waals surface area contributed by atoms with Crippen molar-refractivity contribution >= 4 is 6.08 Å². The third-order valence-corrected chi connectivity index (χ3v) is 3.14. The highest BCUT2D eigenvalue weighted by Gasteiger charge is 2.34. The number of aromatic nitrogens is 1. The molecular weight excluding hydrogens is 296 g/mol. The minimum Gasteiger partial charge on any atom is -0.394 e. The molecule has 116 valence electrons. The number of rotatable bonds is 3. The smallest absolute Gasteiger partial charge is 0.394 e. The molecule has 22 heavy (non-hydrogen) atoms. The van der Waals surface area contributed by atoms with Gasteiger partial charge in [-0.15, -0.1) is 0 Å². The molecule has 1 heterocycles. The summed E-state index contributed by atoms with van der Waals surface area (Å²) < 4.78 is 52.4. The monoisotopic (exact) mass is 310 g/mol. The third kappa shape index (κ3) is 3.27. The van der Waals surface area contributed by atoms with E-state index < -0.39 is 17.6 Å². The van der Waals surface area contributed by atoms with Gasteiger partial charge in [-0.05, 0) is 36.9 Å². The molecule has 0 atom stereocenters. The zero-order valence-electron chi connectivity index (χ0n) is 12.0. The number of hydrogen-bond donors (Lipinski definition) is 1.